The lowest BCUT2D eigenvalue weighted by atomic mass is 10.1. The molecule has 0 aliphatic rings. The highest BCUT2D eigenvalue weighted by Gasteiger charge is 2.38. The van der Waals surface area contributed by atoms with E-state index in [-0.39, 0.29) is 28.4 Å². The number of imidazole rings is 1. The first-order valence-electron chi connectivity index (χ1n) is 12.8. The van der Waals surface area contributed by atoms with Gasteiger partial charge >= 0.3 is 6.18 Å². The van der Waals surface area contributed by atoms with Gasteiger partial charge in [-0.25, -0.2) is 23.1 Å². The van der Waals surface area contributed by atoms with Gasteiger partial charge in [0.25, 0.3) is 12.3 Å². The summed E-state index contributed by atoms with van der Waals surface area (Å²) in [7, 11) is 0. The summed E-state index contributed by atoms with van der Waals surface area (Å²) in [6.45, 7) is 1.56. The van der Waals surface area contributed by atoms with Gasteiger partial charge in [-0.05, 0) is 44.0 Å². The van der Waals surface area contributed by atoms with Crippen LogP contribution in [0.1, 0.15) is 47.3 Å². The lowest BCUT2D eigenvalue weighted by Gasteiger charge is -2.13. The molecule has 0 bridgehead atoms. The van der Waals surface area contributed by atoms with E-state index in [0.29, 0.717) is 23.3 Å². The van der Waals surface area contributed by atoms with Crippen molar-refractivity contribution in [2.45, 2.75) is 51.8 Å². The second kappa shape index (κ2) is 12.6. The van der Waals surface area contributed by atoms with Gasteiger partial charge in [-0.15, -0.1) is 0 Å². The van der Waals surface area contributed by atoms with E-state index in [1.54, 1.807) is 6.92 Å². The summed E-state index contributed by atoms with van der Waals surface area (Å²) in [5, 5.41) is 8.91. The van der Waals surface area contributed by atoms with Crippen molar-refractivity contribution in [3.05, 3.63) is 59.6 Å². The number of carbonyl (C=O) groups is 1. The highest BCUT2D eigenvalue weighted by molar-refractivity contribution is 5.96. The molecule has 4 rings (SSSR count). The van der Waals surface area contributed by atoms with Crippen LogP contribution in [0.25, 0.3) is 16.9 Å². The van der Waals surface area contributed by atoms with Crippen LogP contribution in [0, 0.1) is 12.7 Å². The fraction of sp³-hybridized carbons (Fsp3) is 0.385. The van der Waals surface area contributed by atoms with Crippen LogP contribution >= 0.6 is 0 Å². The zero-order chi connectivity index (χ0) is 29.7. The van der Waals surface area contributed by atoms with Crippen molar-refractivity contribution in [1.82, 2.24) is 29.5 Å². The molecule has 41 heavy (non-hydrogen) atoms. The van der Waals surface area contributed by atoms with Crippen molar-refractivity contribution in [2.24, 2.45) is 5.73 Å². The molecule has 0 saturated heterocycles. The summed E-state index contributed by atoms with van der Waals surface area (Å²) in [5.74, 6) is -1.23. The quantitative estimate of drug-likeness (QED) is 0.154. The largest absolute Gasteiger partial charge is 0.435 e. The Balaban J connectivity index is 1.58. The minimum atomic E-state index is -4.91. The Labute approximate surface area is 230 Å². The number of rotatable bonds is 12. The fourth-order valence-electron chi connectivity index (χ4n) is 4.41. The van der Waals surface area contributed by atoms with Crippen molar-refractivity contribution in [3.8, 4) is 11.3 Å². The van der Waals surface area contributed by atoms with Crippen LogP contribution in [0.5, 0.6) is 0 Å². The summed E-state index contributed by atoms with van der Waals surface area (Å²) in [6, 6.07) is 2.64. The van der Waals surface area contributed by atoms with Crippen molar-refractivity contribution >= 4 is 23.1 Å². The second-order valence-electron chi connectivity index (χ2n) is 9.35. The van der Waals surface area contributed by atoms with Crippen LogP contribution in [-0.2, 0) is 12.7 Å². The van der Waals surface area contributed by atoms with Gasteiger partial charge in [0.05, 0.1) is 23.0 Å². The maximum Gasteiger partial charge on any atom is 0.435 e. The molecule has 220 valence electrons. The Bertz CT molecular complexity index is 1490. The Kier molecular flexibility index (Phi) is 9.15. The third kappa shape index (κ3) is 6.96. The maximum atomic E-state index is 15.0. The summed E-state index contributed by atoms with van der Waals surface area (Å²) < 4.78 is 83.5. The lowest BCUT2D eigenvalue weighted by Crippen LogP contribution is -2.26. The first kappa shape index (κ1) is 29.8. The SMILES string of the molecule is Cc1cc(Nc2nccn3c(-c4cn(CC(F)F)nc4C(F)(F)F)cnc23)cc(F)c1C(=O)NCCCCCCN. The van der Waals surface area contributed by atoms with Gasteiger partial charge in [0.1, 0.15) is 12.4 Å². The second-order valence-corrected chi connectivity index (χ2v) is 9.35. The fourth-order valence-corrected chi connectivity index (χ4v) is 4.41. The number of benzene rings is 1. The third-order valence-corrected chi connectivity index (χ3v) is 6.25. The molecule has 4 aromatic rings. The molecule has 3 heterocycles. The van der Waals surface area contributed by atoms with E-state index in [4.69, 9.17) is 5.73 Å². The smallest absolute Gasteiger partial charge is 0.352 e. The number of amides is 1. The molecule has 0 spiro atoms. The Morgan fingerprint density at radius 1 is 1.12 bits per heavy atom. The van der Waals surface area contributed by atoms with Gasteiger partial charge in [0.15, 0.2) is 17.2 Å². The van der Waals surface area contributed by atoms with Gasteiger partial charge in [-0.1, -0.05) is 12.8 Å². The number of nitrogens with zero attached hydrogens (tertiary/aromatic N) is 5. The number of fused-ring (bicyclic) bond motifs is 1. The summed E-state index contributed by atoms with van der Waals surface area (Å²) in [5.41, 5.74) is 4.18. The van der Waals surface area contributed by atoms with Gasteiger partial charge < -0.3 is 16.4 Å². The average Bonchev–Trinajstić information content (AvgIpc) is 3.50. The summed E-state index contributed by atoms with van der Waals surface area (Å²) >= 11 is 0. The normalized spacial score (nSPS) is 11.9. The maximum absolute atomic E-state index is 15.0. The molecule has 15 heteroatoms. The number of anilines is 2. The molecule has 0 saturated carbocycles. The molecule has 0 unspecified atom stereocenters. The molecular formula is C26H28F6N8O. The van der Waals surface area contributed by atoms with E-state index in [1.165, 1.54) is 22.9 Å². The average molecular weight is 583 g/mol. The lowest BCUT2D eigenvalue weighted by molar-refractivity contribution is -0.141. The number of hydrogen-bond acceptors (Lipinski definition) is 6. The third-order valence-electron chi connectivity index (χ3n) is 6.25. The van der Waals surface area contributed by atoms with E-state index < -0.39 is 42.1 Å². The van der Waals surface area contributed by atoms with E-state index in [1.807, 2.05) is 0 Å². The van der Waals surface area contributed by atoms with Crippen molar-refractivity contribution in [2.75, 3.05) is 18.4 Å². The Morgan fingerprint density at radius 2 is 1.88 bits per heavy atom. The van der Waals surface area contributed by atoms with Gasteiger partial charge in [-0.3, -0.25) is 13.9 Å². The van der Waals surface area contributed by atoms with Gasteiger partial charge in [0, 0.05) is 30.8 Å². The number of nitrogens with one attached hydrogen (secondary N) is 2. The number of aryl methyl sites for hydroxylation is 1. The number of unbranched alkanes of at least 4 members (excludes halogenated alkanes) is 3. The molecule has 1 amide bonds. The molecule has 0 fully saturated rings. The topological polar surface area (TPSA) is 115 Å². The number of halogens is 6. The van der Waals surface area contributed by atoms with Crippen molar-refractivity contribution in [3.63, 3.8) is 0 Å². The highest BCUT2D eigenvalue weighted by atomic mass is 19.4. The molecule has 1 aromatic carbocycles. The Hall–Kier alpha value is -4.14. The predicted molar refractivity (Wildman–Crippen MR) is 139 cm³/mol. The Morgan fingerprint density at radius 3 is 2.56 bits per heavy atom. The predicted octanol–water partition coefficient (Wildman–Crippen LogP) is 5.32. The zero-order valence-corrected chi connectivity index (χ0v) is 22.0. The van der Waals surface area contributed by atoms with E-state index in [0.717, 1.165) is 44.1 Å². The summed E-state index contributed by atoms with van der Waals surface area (Å²) in [4.78, 5) is 20.9. The molecule has 0 radical (unpaired) electrons. The van der Waals surface area contributed by atoms with Crippen LogP contribution in [-0.4, -0.2) is 49.6 Å². The molecule has 9 nitrogen and oxygen atoms in total. The molecule has 4 N–H and O–H groups in total. The number of alkyl halides is 5. The number of nitrogens with two attached hydrogens (primary N) is 1. The summed E-state index contributed by atoms with van der Waals surface area (Å²) in [6.07, 6.45) is 0.332. The molecule has 3 aromatic heterocycles. The number of carbonyl (C=O) groups excluding carboxylic acids is 1. The van der Waals surface area contributed by atoms with Crippen LogP contribution in [0.4, 0.5) is 37.8 Å². The van der Waals surface area contributed by atoms with Crippen molar-refractivity contribution < 1.29 is 31.1 Å². The number of hydrogen-bond donors (Lipinski definition) is 3. The van der Waals surface area contributed by atoms with Crippen LogP contribution in [0.2, 0.25) is 0 Å². The molecule has 0 aliphatic carbocycles. The van der Waals surface area contributed by atoms with Crippen LogP contribution in [0.3, 0.4) is 0 Å². The van der Waals surface area contributed by atoms with E-state index >= 15 is 4.39 Å². The number of aromatic nitrogens is 5. The molecule has 0 aliphatic heterocycles. The van der Waals surface area contributed by atoms with Crippen molar-refractivity contribution in [1.29, 1.82) is 0 Å². The standard InChI is InChI=1S/C26H28F6N8O/c1-15-10-16(11-18(27)21(15)25(41)35-7-5-3-2-4-6-33)37-23-24-36-12-19(40(24)9-8-34-23)17-13-39(14-20(28)29)38-22(17)26(30,31)32/h8-13,20H,2-7,14,33H2,1H3,(H,34,37)(H,35,41). The minimum Gasteiger partial charge on any atom is -0.352 e. The van der Waals surface area contributed by atoms with Gasteiger partial charge in [0.2, 0.25) is 0 Å². The molecular weight excluding hydrogens is 554 g/mol. The molecule has 0 atom stereocenters. The van der Waals surface area contributed by atoms with E-state index in [9.17, 15) is 26.7 Å². The zero-order valence-electron chi connectivity index (χ0n) is 22.0. The van der Waals surface area contributed by atoms with E-state index in [2.05, 4.69) is 25.7 Å². The van der Waals surface area contributed by atoms with Crippen LogP contribution < -0.4 is 16.4 Å². The van der Waals surface area contributed by atoms with Crippen LogP contribution in [0.15, 0.2) is 36.9 Å². The first-order valence-corrected chi connectivity index (χ1v) is 12.8. The van der Waals surface area contributed by atoms with Gasteiger partial charge in [-0.2, -0.15) is 18.3 Å². The minimum absolute atomic E-state index is 0.0595. The monoisotopic (exact) mass is 582 g/mol. The highest BCUT2D eigenvalue weighted by Crippen LogP contribution is 2.37. The first-order chi connectivity index (χ1) is 19.5.